The predicted octanol–water partition coefficient (Wildman–Crippen LogP) is 2.84. The summed E-state index contributed by atoms with van der Waals surface area (Å²) in [6.45, 7) is 9.53. The molecule has 2 atom stereocenters. The van der Waals surface area contributed by atoms with Crippen LogP contribution in [0.2, 0.25) is 0 Å². The minimum atomic E-state index is -3.76. The Hall–Kier alpha value is -2.13. The summed E-state index contributed by atoms with van der Waals surface area (Å²) in [5.41, 5.74) is 1.98. The molecule has 0 aliphatic carbocycles. The van der Waals surface area contributed by atoms with Crippen molar-refractivity contribution in [2.75, 3.05) is 19.3 Å². The van der Waals surface area contributed by atoms with Gasteiger partial charge in [-0.1, -0.05) is 23.8 Å². The van der Waals surface area contributed by atoms with Crippen molar-refractivity contribution >= 4 is 22.1 Å². The van der Waals surface area contributed by atoms with Crippen LogP contribution in [0.5, 0.6) is 0 Å². The first-order valence-electron chi connectivity index (χ1n) is 9.98. The van der Waals surface area contributed by atoms with Crippen LogP contribution in [0.25, 0.3) is 0 Å². The lowest BCUT2D eigenvalue weighted by atomic mass is 9.95. The van der Waals surface area contributed by atoms with Crippen LogP contribution in [0, 0.1) is 13.8 Å². The number of nitrogens with one attached hydrogen (secondary N) is 1. The van der Waals surface area contributed by atoms with E-state index < -0.39 is 34.0 Å². The van der Waals surface area contributed by atoms with Gasteiger partial charge >= 0.3 is 6.09 Å². The molecule has 2 amide bonds. The lowest BCUT2D eigenvalue weighted by Crippen LogP contribution is -2.44. The molecule has 0 saturated carbocycles. The first-order valence-corrected chi connectivity index (χ1v) is 11.8. The van der Waals surface area contributed by atoms with Crippen LogP contribution in [0.1, 0.15) is 56.4 Å². The average molecular weight is 441 g/mol. The highest BCUT2D eigenvalue weighted by Gasteiger charge is 2.40. The summed E-state index contributed by atoms with van der Waals surface area (Å²) in [5, 5.41) is 2.64. The predicted molar refractivity (Wildman–Crippen MR) is 114 cm³/mol. The molecule has 0 spiro atoms. The fraction of sp³-hybridized carbons (Fsp3) is 0.619. The third-order valence-corrected chi connectivity index (χ3v) is 5.32. The lowest BCUT2D eigenvalue weighted by molar-refractivity contribution is -0.130. The standard InChI is InChI=1S/C21H32N2O6S/c1-14-7-8-15(2)16(13-14)19(29-30(6,26)27)17-9-10-18(24)23(17)12-11-22-20(25)28-21(3,4)5/h7-8,13,17,19H,9-12H2,1-6H3,(H,22,25)/t17-,19+/m0/s1. The first-order chi connectivity index (χ1) is 13.8. The van der Waals surface area contributed by atoms with Crippen molar-refractivity contribution < 1.29 is 26.9 Å². The van der Waals surface area contributed by atoms with Crippen LogP contribution in [0.4, 0.5) is 4.79 Å². The maximum Gasteiger partial charge on any atom is 0.407 e. The number of aryl methyl sites for hydroxylation is 2. The summed E-state index contributed by atoms with van der Waals surface area (Å²) in [4.78, 5) is 26.0. The van der Waals surface area contributed by atoms with Crippen molar-refractivity contribution in [1.29, 1.82) is 0 Å². The topological polar surface area (TPSA) is 102 Å². The zero-order chi connectivity index (χ0) is 22.7. The molecule has 0 unspecified atom stereocenters. The number of benzene rings is 1. The molecule has 1 aliphatic rings. The van der Waals surface area contributed by atoms with Gasteiger partial charge in [0, 0.05) is 19.5 Å². The van der Waals surface area contributed by atoms with Crippen LogP contribution in [0.3, 0.4) is 0 Å². The molecule has 1 aromatic rings. The van der Waals surface area contributed by atoms with Crippen molar-refractivity contribution in [3.05, 3.63) is 34.9 Å². The Morgan fingerprint density at radius 3 is 2.57 bits per heavy atom. The number of hydrogen-bond acceptors (Lipinski definition) is 6. The SMILES string of the molecule is Cc1ccc(C)c([C@@H](OS(C)(=O)=O)[C@@H]2CCC(=O)N2CCNC(=O)OC(C)(C)C)c1. The van der Waals surface area contributed by atoms with E-state index in [1.165, 1.54) is 0 Å². The molecule has 9 heteroatoms. The Kier molecular flexibility index (Phi) is 7.52. The van der Waals surface area contributed by atoms with Gasteiger partial charge in [0.2, 0.25) is 5.91 Å². The fourth-order valence-electron chi connectivity index (χ4n) is 3.53. The Morgan fingerprint density at radius 2 is 1.97 bits per heavy atom. The molecule has 1 aliphatic heterocycles. The normalized spacial score (nSPS) is 18.4. The highest BCUT2D eigenvalue weighted by molar-refractivity contribution is 7.86. The van der Waals surface area contributed by atoms with Crippen molar-refractivity contribution in [3.8, 4) is 0 Å². The minimum Gasteiger partial charge on any atom is -0.444 e. The summed E-state index contributed by atoms with van der Waals surface area (Å²) in [6.07, 6.45) is 0.401. The molecule has 0 radical (unpaired) electrons. The first kappa shape index (κ1) is 24.1. The van der Waals surface area contributed by atoms with Gasteiger partial charge in [-0.25, -0.2) is 4.79 Å². The molecular formula is C21H32N2O6S. The van der Waals surface area contributed by atoms with Gasteiger partial charge < -0.3 is 15.0 Å². The number of rotatable bonds is 7. The Balaban J connectivity index is 2.21. The van der Waals surface area contributed by atoms with E-state index in [4.69, 9.17) is 8.92 Å². The van der Waals surface area contributed by atoms with Gasteiger partial charge in [0.1, 0.15) is 11.7 Å². The van der Waals surface area contributed by atoms with E-state index in [0.717, 1.165) is 22.9 Å². The van der Waals surface area contributed by atoms with Gasteiger partial charge in [0.25, 0.3) is 10.1 Å². The van der Waals surface area contributed by atoms with E-state index in [2.05, 4.69) is 5.32 Å². The third-order valence-electron chi connectivity index (χ3n) is 4.76. The van der Waals surface area contributed by atoms with Gasteiger partial charge in [-0.05, 0) is 52.2 Å². The van der Waals surface area contributed by atoms with Crippen LogP contribution < -0.4 is 5.32 Å². The number of likely N-dealkylation sites (tertiary alicyclic amines) is 1. The Bertz CT molecular complexity index is 891. The molecule has 1 fully saturated rings. The Morgan fingerprint density at radius 1 is 1.30 bits per heavy atom. The van der Waals surface area contributed by atoms with Gasteiger partial charge in [0.05, 0.1) is 12.3 Å². The van der Waals surface area contributed by atoms with Crippen LogP contribution >= 0.6 is 0 Å². The summed E-state index contributed by atoms with van der Waals surface area (Å²) < 4.78 is 34.7. The van der Waals surface area contributed by atoms with Crippen molar-refractivity contribution in [3.63, 3.8) is 0 Å². The number of amides is 2. The van der Waals surface area contributed by atoms with Gasteiger partial charge in [-0.15, -0.1) is 0 Å². The number of nitrogens with zero attached hydrogens (tertiary/aromatic N) is 1. The summed E-state index contributed by atoms with van der Waals surface area (Å²) in [7, 11) is -3.76. The molecule has 1 aromatic carbocycles. The number of carbonyl (C=O) groups excluding carboxylic acids is 2. The molecule has 168 valence electrons. The zero-order valence-corrected chi connectivity index (χ0v) is 19.3. The Labute approximate surface area is 179 Å². The number of alkyl carbamates (subject to hydrolysis) is 1. The fourth-order valence-corrected chi connectivity index (χ4v) is 4.14. The van der Waals surface area contributed by atoms with Gasteiger partial charge in [0.15, 0.2) is 0 Å². The summed E-state index contributed by atoms with van der Waals surface area (Å²) >= 11 is 0. The van der Waals surface area contributed by atoms with Gasteiger partial charge in [-0.2, -0.15) is 8.42 Å². The number of ether oxygens (including phenoxy) is 1. The molecule has 2 rings (SSSR count). The molecule has 1 heterocycles. The van der Waals surface area contributed by atoms with Crippen molar-refractivity contribution in [1.82, 2.24) is 10.2 Å². The molecule has 1 N–H and O–H groups in total. The molecule has 8 nitrogen and oxygen atoms in total. The van der Waals surface area contributed by atoms with E-state index in [1.807, 2.05) is 32.0 Å². The average Bonchev–Trinajstić information content (AvgIpc) is 2.93. The quantitative estimate of drug-likeness (QED) is 0.654. The van der Waals surface area contributed by atoms with E-state index in [1.54, 1.807) is 25.7 Å². The van der Waals surface area contributed by atoms with E-state index in [9.17, 15) is 18.0 Å². The largest absolute Gasteiger partial charge is 0.444 e. The zero-order valence-electron chi connectivity index (χ0n) is 18.5. The molecule has 1 saturated heterocycles. The lowest BCUT2D eigenvalue weighted by Gasteiger charge is -2.32. The monoisotopic (exact) mass is 440 g/mol. The maximum atomic E-state index is 12.5. The molecular weight excluding hydrogens is 408 g/mol. The molecule has 0 bridgehead atoms. The van der Waals surface area contributed by atoms with E-state index >= 15 is 0 Å². The number of hydrogen-bond donors (Lipinski definition) is 1. The smallest absolute Gasteiger partial charge is 0.407 e. The van der Waals surface area contributed by atoms with Crippen molar-refractivity contribution in [2.45, 2.75) is 65.2 Å². The third kappa shape index (κ3) is 6.98. The highest BCUT2D eigenvalue weighted by Crippen LogP contribution is 2.35. The second-order valence-corrected chi connectivity index (χ2v) is 10.3. The van der Waals surface area contributed by atoms with E-state index in [0.29, 0.717) is 12.8 Å². The number of carbonyl (C=O) groups is 2. The minimum absolute atomic E-state index is 0.0987. The molecule has 30 heavy (non-hydrogen) atoms. The highest BCUT2D eigenvalue weighted by atomic mass is 32.2. The maximum absolute atomic E-state index is 12.5. The summed E-state index contributed by atoms with van der Waals surface area (Å²) in [6, 6.07) is 5.30. The van der Waals surface area contributed by atoms with Gasteiger partial charge in [-0.3, -0.25) is 8.98 Å². The summed E-state index contributed by atoms with van der Waals surface area (Å²) in [5.74, 6) is -0.0987. The van der Waals surface area contributed by atoms with Crippen LogP contribution in [-0.4, -0.2) is 56.3 Å². The molecule has 0 aromatic heterocycles. The van der Waals surface area contributed by atoms with Crippen molar-refractivity contribution in [2.24, 2.45) is 0 Å². The van der Waals surface area contributed by atoms with Crippen LogP contribution in [-0.2, 0) is 23.8 Å². The second-order valence-electron chi connectivity index (χ2n) is 8.70. The van der Waals surface area contributed by atoms with E-state index in [-0.39, 0.29) is 19.0 Å². The van der Waals surface area contributed by atoms with Crippen LogP contribution in [0.15, 0.2) is 18.2 Å². The second kappa shape index (κ2) is 9.34.